The first-order valence-corrected chi connectivity index (χ1v) is 10.8. The summed E-state index contributed by atoms with van der Waals surface area (Å²) >= 11 is 0. The summed E-state index contributed by atoms with van der Waals surface area (Å²) in [6.07, 6.45) is -7.09. The van der Waals surface area contributed by atoms with Crippen molar-refractivity contribution >= 4 is 17.3 Å². The van der Waals surface area contributed by atoms with Crippen molar-refractivity contribution in [2.75, 3.05) is 12.3 Å². The number of carbonyl (C=O) groups is 1. The number of nitrogens with two attached hydrogens (primary N) is 1. The van der Waals surface area contributed by atoms with Crippen LogP contribution in [0.5, 0.6) is 0 Å². The first kappa shape index (κ1) is 24.2. The smallest absolute Gasteiger partial charge is 0.391 e. The molecular weight excluding hydrogens is 459 g/mol. The highest BCUT2D eigenvalue weighted by Crippen LogP contribution is 2.42. The molecule has 1 saturated heterocycles. The lowest BCUT2D eigenvalue weighted by atomic mass is 9.80. The first-order valence-electron chi connectivity index (χ1n) is 10.8. The zero-order valence-corrected chi connectivity index (χ0v) is 18.0. The highest BCUT2D eigenvalue weighted by Gasteiger charge is 2.57. The van der Waals surface area contributed by atoms with E-state index in [9.17, 15) is 33.4 Å². The van der Waals surface area contributed by atoms with E-state index in [1.807, 2.05) is 6.07 Å². The van der Waals surface area contributed by atoms with E-state index in [0.29, 0.717) is 5.52 Å². The molecule has 2 fully saturated rings. The summed E-state index contributed by atoms with van der Waals surface area (Å²) in [6.45, 7) is -0.446. The second kappa shape index (κ2) is 9.01. The predicted octanol–water partition coefficient (Wildman–Crippen LogP) is 1.45. The number of nitrogen functional groups attached to an aromatic ring is 1. The molecule has 1 saturated carbocycles. The molecule has 3 heterocycles. The Kier molecular flexibility index (Phi) is 6.41. The second-order valence-electron chi connectivity index (χ2n) is 8.75. The van der Waals surface area contributed by atoms with Gasteiger partial charge in [-0.25, -0.2) is 9.50 Å². The Bertz CT molecular complexity index is 1090. The van der Waals surface area contributed by atoms with Crippen molar-refractivity contribution in [3.05, 3.63) is 24.2 Å². The van der Waals surface area contributed by atoms with Gasteiger partial charge in [0.1, 0.15) is 42.8 Å². The van der Waals surface area contributed by atoms with Crippen LogP contribution in [-0.4, -0.2) is 61.9 Å². The fourth-order valence-electron chi connectivity index (χ4n) is 4.71. The van der Waals surface area contributed by atoms with E-state index in [0.717, 1.165) is 6.33 Å². The molecule has 2 aromatic heterocycles. The van der Waals surface area contributed by atoms with Gasteiger partial charge in [-0.3, -0.25) is 4.79 Å². The highest BCUT2D eigenvalue weighted by molar-refractivity contribution is 5.69. The largest absolute Gasteiger partial charge is 0.463 e. The van der Waals surface area contributed by atoms with Gasteiger partial charge in [0.2, 0.25) is 5.60 Å². The number of carbonyl (C=O) groups excluding carboxylic acids is 1. The quantitative estimate of drug-likeness (QED) is 0.536. The van der Waals surface area contributed by atoms with Crippen molar-refractivity contribution in [3.8, 4) is 6.07 Å². The van der Waals surface area contributed by atoms with Crippen LogP contribution < -0.4 is 5.73 Å². The second-order valence-corrected chi connectivity index (χ2v) is 8.75. The van der Waals surface area contributed by atoms with Crippen LogP contribution in [0.25, 0.3) is 5.52 Å². The summed E-state index contributed by atoms with van der Waals surface area (Å²) in [5.74, 6) is -2.07. The molecule has 0 radical (unpaired) electrons. The van der Waals surface area contributed by atoms with Crippen LogP contribution in [-0.2, 0) is 19.9 Å². The van der Waals surface area contributed by atoms with Crippen molar-refractivity contribution in [1.29, 1.82) is 5.26 Å². The van der Waals surface area contributed by atoms with Crippen LogP contribution in [0.1, 0.15) is 37.8 Å². The molecular formula is C21H24F3N5O5. The maximum absolute atomic E-state index is 12.8. The minimum absolute atomic E-state index is 0.0257. The van der Waals surface area contributed by atoms with Crippen molar-refractivity contribution in [2.45, 2.75) is 62.2 Å². The van der Waals surface area contributed by atoms with Crippen LogP contribution >= 0.6 is 0 Å². The molecule has 0 spiro atoms. The Labute approximate surface area is 192 Å². The molecule has 0 aromatic carbocycles. The summed E-state index contributed by atoms with van der Waals surface area (Å²) in [4.78, 5) is 16.1. The van der Waals surface area contributed by atoms with Crippen LogP contribution in [0.4, 0.5) is 19.0 Å². The molecule has 1 aliphatic heterocycles. The van der Waals surface area contributed by atoms with Crippen molar-refractivity contribution in [1.82, 2.24) is 14.6 Å². The van der Waals surface area contributed by atoms with Gasteiger partial charge in [-0.05, 0) is 43.7 Å². The molecule has 0 unspecified atom stereocenters. The van der Waals surface area contributed by atoms with Gasteiger partial charge in [0.05, 0.1) is 11.6 Å². The Morgan fingerprint density at radius 3 is 2.68 bits per heavy atom. The number of anilines is 1. The predicted molar refractivity (Wildman–Crippen MR) is 109 cm³/mol. The minimum atomic E-state index is -4.22. The number of esters is 1. The molecule has 13 heteroatoms. The van der Waals surface area contributed by atoms with Gasteiger partial charge in [-0.15, -0.1) is 0 Å². The Morgan fingerprint density at radius 2 is 2.03 bits per heavy atom. The maximum Gasteiger partial charge on any atom is 0.391 e. The summed E-state index contributed by atoms with van der Waals surface area (Å²) in [7, 11) is 0. The molecule has 4 N–H and O–H groups in total. The standard InChI is InChI=1S/C21H24F3N5O5/c22-21(23,24)12-3-1-11(2-4-12)7-16(30)33-8-14-17(31)18(32)20(9-25,34-14)15-6-5-13-19(26)27-10-28-29(13)15/h5-6,10-12,14,17-18,31-32H,1-4,7-8H2,(H2,26,27,28)/t11?,12?,14-,17-,18-,20+/m1/s1. The fraction of sp³-hybridized carbons (Fsp3) is 0.619. The summed E-state index contributed by atoms with van der Waals surface area (Å²) in [6, 6.07) is 4.88. The van der Waals surface area contributed by atoms with E-state index in [1.165, 1.54) is 16.6 Å². The summed E-state index contributed by atoms with van der Waals surface area (Å²) in [5.41, 5.74) is 4.27. The van der Waals surface area contributed by atoms with Crippen molar-refractivity contribution < 1.29 is 37.7 Å². The number of alkyl halides is 3. The zero-order chi connectivity index (χ0) is 24.7. The number of rotatable bonds is 5. The molecule has 0 amide bonds. The van der Waals surface area contributed by atoms with Gasteiger partial charge < -0.3 is 25.4 Å². The molecule has 2 aliphatic rings. The topological polar surface area (TPSA) is 156 Å². The van der Waals surface area contributed by atoms with Crippen LogP contribution in [0.15, 0.2) is 18.5 Å². The Balaban J connectivity index is 1.39. The third-order valence-corrected chi connectivity index (χ3v) is 6.66. The van der Waals surface area contributed by atoms with E-state index < -0.39 is 48.6 Å². The third kappa shape index (κ3) is 4.28. The van der Waals surface area contributed by atoms with Crippen molar-refractivity contribution in [3.63, 3.8) is 0 Å². The minimum Gasteiger partial charge on any atom is -0.463 e. The van der Waals surface area contributed by atoms with E-state index in [1.54, 1.807) is 0 Å². The zero-order valence-electron chi connectivity index (χ0n) is 18.0. The van der Waals surface area contributed by atoms with E-state index >= 15 is 0 Å². The normalized spacial score (nSPS) is 31.9. The van der Waals surface area contributed by atoms with Gasteiger partial charge in [0, 0.05) is 6.42 Å². The first-order chi connectivity index (χ1) is 16.1. The fourth-order valence-corrected chi connectivity index (χ4v) is 4.71. The average Bonchev–Trinajstić information content (AvgIpc) is 3.34. The molecule has 0 bridgehead atoms. The number of halogens is 3. The van der Waals surface area contributed by atoms with Crippen molar-refractivity contribution in [2.24, 2.45) is 11.8 Å². The molecule has 184 valence electrons. The number of hydrogen-bond donors (Lipinski definition) is 3. The van der Waals surface area contributed by atoms with E-state index in [4.69, 9.17) is 15.2 Å². The lowest BCUT2D eigenvalue weighted by Crippen LogP contribution is -2.41. The summed E-state index contributed by atoms with van der Waals surface area (Å²) in [5, 5.41) is 35.1. The molecule has 1 aliphatic carbocycles. The van der Waals surface area contributed by atoms with E-state index in [2.05, 4.69) is 10.1 Å². The number of nitrogens with zero attached hydrogens (tertiary/aromatic N) is 4. The van der Waals surface area contributed by atoms with Crippen LogP contribution in [0.3, 0.4) is 0 Å². The molecule has 10 nitrogen and oxygen atoms in total. The number of aliphatic hydroxyl groups is 2. The molecule has 34 heavy (non-hydrogen) atoms. The number of aliphatic hydroxyl groups excluding tert-OH is 2. The SMILES string of the molecule is N#C[C@@]1(c2ccc3c(N)ncnn23)O[C@H](COC(=O)CC2CCC(C(F)(F)F)CC2)[C@@H](O)[C@H]1O. The number of hydrogen-bond acceptors (Lipinski definition) is 9. The van der Waals surface area contributed by atoms with Gasteiger partial charge >= 0.3 is 12.1 Å². The lowest BCUT2D eigenvalue weighted by molar-refractivity contribution is -0.184. The monoisotopic (exact) mass is 483 g/mol. The number of ether oxygens (including phenoxy) is 2. The van der Waals surface area contributed by atoms with Gasteiger partial charge in [0.15, 0.2) is 5.82 Å². The number of aromatic nitrogens is 3. The van der Waals surface area contributed by atoms with Gasteiger partial charge in [-0.2, -0.15) is 23.5 Å². The Hall–Kier alpha value is -2.95. The number of fused-ring (bicyclic) bond motifs is 1. The van der Waals surface area contributed by atoms with Crippen LogP contribution in [0.2, 0.25) is 0 Å². The highest BCUT2D eigenvalue weighted by atomic mass is 19.4. The average molecular weight is 483 g/mol. The van der Waals surface area contributed by atoms with E-state index in [-0.39, 0.29) is 49.5 Å². The molecule has 4 rings (SSSR count). The molecule has 2 aromatic rings. The molecule has 4 atom stereocenters. The van der Waals surface area contributed by atoms with Gasteiger partial charge in [0.25, 0.3) is 0 Å². The third-order valence-electron chi connectivity index (χ3n) is 6.66. The Morgan fingerprint density at radius 1 is 1.32 bits per heavy atom. The maximum atomic E-state index is 12.8. The number of nitriles is 1. The van der Waals surface area contributed by atoms with Crippen LogP contribution in [0, 0.1) is 23.2 Å². The summed E-state index contributed by atoms with van der Waals surface area (Å²) < 4.78 is 50.6. The van der Waals surface area contributed by atoms with Gasteiger partial charge in [-0.1, -0.05) is 0 Å². The lowest BCUT2D eigenvalue weighted by Gasteiger charge is -2.29.